The summed E-state index contributed by atoms with van der Waals surface area (Å²) in [4.78, 5) is 27.2. The highest BCUT2D eigenvalue weighted by Crippen LogP contribution is 2.36. The van der Waals surface area contributed by atoms with Gasteiger partial charge in [0.25, 0.3) is 11.8 Å². The number of para-hydroxylation sites is 1. The summed E-state index contributed by atoms with van der Waals surface area (Å²) in [6.07, 6.45) is -1.24. The van der Waals surface area contributed by atoms with Crippen molar-refractivity contribution in [2.45, 2.75) is 31.7 Å². The minimum atomic E-state index is -4.67. The van der Waals surface area contributed by atoms with Crippen molar-refractivity contribution >= 4 is 11.8 Å². The molecule has 0 bridgehead atoms. The summed E-state index contributed by atoms with van der Waals surface area (Å²) in [7, 11) is 1.13. The lowest BCUT2D eigenvalue weighted by Gasteiger charge is -2.35. The molecule has 1 unspecified atom stereocenters. The van der Waals surface area contributed by atoms with E-state index < -0.39 is 29.3 Å². The summed E-state index contributed by atoms with van der Waals surface area (Å²) in [6.45, 7) is 3.80. The predicted octanol–water partition coefficient (Wildman–Crippen LogP) is 4.07. The standard InChI is InChI=1S/C24H25F3N2O4/c1-23(2,33-18-9-5-4-6-10-18)22(31)29-13-7-8-17(15-29)28-21(30)16-11-12-20(32-3)19(14-16)24(25,26)27/h4-12,14,17H,13,15H2,1-3H3,(H,28,30). The molecule has 33 heavy (non-hydrogen) atoms. The van der Waals surface area contributed by atoms with Crippen LogP contribution in [-0.2, 0) is 11.0 Å². The first-order chi connectivity index (χ1) is 15.5. The van der Waals surface area contributed by atoms with E-state index in [0.717, 1.165) is 19.2 Å². The van der Waals surface area contributed by atoms with Crippen LogP contribution in [-0.4, -0.2) is 48.6 Å². The first kappa shape index (κ1) is 24.2. The largest absolute Gasteiger partial charge is 0.496 e. The van der Waals surface area contributed by atoms with Crippen LogP contribution in [0, 0.1) is 0 Å². The Balaban J connectivity index is 1.68. The number of amides is 2. The predicted molar refractivity (Wildman–Crippen MR) is 116 cm³/mol. The highest BCUT2D eigenvalue weighted by molar-refractivity contribution is 5.95. The molecule has 0 fully saturated rings. The zero-order valence-corrected chi connectivity index (χ0v) is 18.5. The number of carbonyl (C=O) groups excluding carboxylic acids is 2. The first-order valence-electron chi connectivity index (χ1n) is 10.3. The Kier molecular flexibility index (Phi) is 7.00. The zero-order valence-electron chi connectivity index (χ0n) is 18.5. The molecule has 2 amide bonds. The molecule has 0 radical (unpaired) electrons. The molecule has 0 saturated heterocycles. The minimum Gasteiger partial charge on any atom is -0.496 e. The van der Waals surface area contributed by atoms with Crippen LogP contribution in [0.3, 0.4) is 0 Å². The van der Waals surface area contributed by atoms with Gasteiger partial charge in [-0.1, -0.05) is 30.4 Å². The summed E-state index contributed by atoms with van der Waals surface area (Å²) in [5.74, 6) is -0.784. The minimum absolute atomic E-state index is 0.158. The second-order valence-corrected chi connectivity index (χ2v) is 8.06. The fourth-order valence-electron chi connectivity index (χ4n) is 3.51. The van der Waals surface area contributed by atoms with Gasteiger partial charge in [-0.3, -0.25) is 9.59 Å². The molecule has 9 heteroatoms. The summed E-state index contributed by atoms with van der Waals surface area (Å²) in [5.41, 5.74) is -2.35. The monoisotopic (exact) mass is 462 g/mol. The number of nitrogens with zero attached hydrogens (tertiary/aromatic N) is 1. The molecule has 0 aliphatic carbocycles. The smallest absolute Gasteiger partial charge is 0.419 e. The number of hydrogen-bond donors (Lipinski definition) is 1. The SMILES string of the molecule is COc1ccc(C(=O)NC2C=CCN(C(=O)C(C)(C)Oc3ccccc3)C2)cc1C(F)(F)F. The molecule has 1 aliphatic rings. The Morgan fingerprint density at radius 3 is 2.42 bits per heavy atom. The van der Waals surface area contributed by atoms with E-state index in [0.29, 0.717) is 12.3 Å². The summed E-state index contributed by atoms with van der Waals surface area (Å²) < 4.78 is 50.4. The van der Waals surface area contributed by atoms with Crippen LogP contribution in [0.1, 0.15) is 29.8 Å². The third-order valence-corrected chi connectivity index (χ3v) is 5.11. The number of rotatable bonds is 6. The van der Waals surface area contributed by atoms with E-state index in [1.165, 1.54) is 11.0 Å². The second kappa shape index (κ2) is 9.56. The fourth-order valence-corrected chi connectivity index (χ4v) is 3.51. The van der Waals surface area contributed by atoms with Crippen molar-refractivity contribution in [2.24, 2.45) is 0 Å². The highest BCUT2D eigenvalue weighted by atomic mass is 19.4. The molecular weight excluding hydrogens is 437 g/mol. The van der Waals surface area contributed by atoms with Crippen molar-refractivity contribution in [3.63, 3.8) is 0 Å². The van der Waals surface area contributed by atoms with Gasteiger partial charge in [0.05, 0.1) is 18.7 Å². The van der Waals surface area contributed by atoms with E-state index in [1.54, 1.807) is 50.3 Å². The molecule has 2 aromatic rings. The Hall–Kier alpha value is -3.49. The van der Waals surface area contributed by atoms with E-state index in [4.69, 9.17) is 9.47 Å². The van der Waals surface area contributed by atoms with E-state index in [9.17, 15) is 22.8 Å². The summed E-state index contributed by atoms with van der Waals surface area (Å²) in [6, 6.07) is 11.5. The average Bonchev–Trinajstić information content (AvgIpc) is 2.78. The van der Waals surface area contributed by atoms with Crippen LogP contribution >= 0.6 is 0 Å². The van der Waals surface area contributed by atoms with Crippen molar-refractivity contribution in [3.8, 4) is 11.5 Å². The second-order valence-electron chi connectivity index (χ2n) is 8.06. The molecule has 0 saturated carbocycles. The number of carbonyl (C=O) groups is 2. The van der Waals surface area contributed by atoms with Gasteiger partial charge in [-0.2, -0.15) is 13.2 Å². The van der Waals surface area contributed by atoms with Crippen LogP contribution in [0.25, 0.3) is 0 Å². The number of benzene rings is 2. The fraction of sp³-hybridized carbons (Fsp3) is 0.333. The van der Waals surface area contributed by atoms with Gasteiger partial charge in [0.15, 0.2) is 5.60 Å². The maximum atomic E-state index is 13.3. The van der Waals surface area contributed by atoms with Gasteiger partial charge in [-0.15, -0.1) is 0 Å². The van der Waals surface area contributed by atoms with E-state index >= 15 is 0 Å². The van der Waals surface area contributed by atoms with Crippen LogP contribution in [0.4, 0.5) is 13.2 Å². The molecule has 0 aromatic heterocycles. The van der Waals surface area contributed by atoms with Gasteiger partial charge in [0.2, 0.25) is 0 Å². The van der Waals surface area contributed by atoms with E-state index in [2.05, 4.69) is 5.32 Å². The van der Waals surface area contributed by atoms with Crippen LogP contribution < -0.4 is 14.8 Å². The first-order valence-corrected chi connectivity index (χ1v) is 10.3. The molecule has 3 rings (SSSR count). The van der Waals surface area contributed by atoms with Crippen LogP contribution in [0.2, 0.25) is 0 Å². The number of nitrogens with one attached hydrogen (secondary N) is 1. The lowest BCUT2D eigenvalue weighted by atomic mass is 10.0. The van der Waals surface area contributed by atoms with E-state index in [1.807, 2.05) is 6.07 Å². The van der Waals surface area contributed by atoms with Gasteiger partial charge < -0.3 is 19.7 Å². The number of halogens is 3. The molecule has 2 aromatic carbocycles. The Morgan fingerprint density at radius 1 is 1.09 bits per heavy atom. The maximum absolute atomic E-state index is 13.3. The average molecular weight is 462 g/mol. The van der Waals surface area contributed by atoms with E-state index in [-0.39, 0.29) is 23.8 Å². The van der Waals surface area contributed by atoms with Crippen molar-refractivity contribution in [2.75, 3.05) is 20.2 Å². The third-order valence-electron chi connectivity index (χ3n) is 5.11. The Labute approximate surface area is 190 Å². The molecule has 176 valence electrons. The normalized spacial score (nSPS) is 16.3. The molecular formula is C24H25F3N2O4. The molecule has 1 N–H and O–H groups in total. The van der Waals surface area contributed by atoms with Gasteiger partial charge >= 0.3 is 6.18 Å². The molecule has 6 nitrogen and oxygen atoms in total. The van der Waals surface area contributed by atoms with Crippen LogP contribution in [0.5, 0.6) is 11.5 Å². The topological polar surface area (TPSA) is 67.9 Å². The quantitative estimate of drug-likeness (QED) is 0.658. The summed E-state index contributed by atoms with van der Waals surface area (Å²) in [5, 5.41) is 2.67. The van der Waals surface area contributed by atoms with Gasteiger partial charge in [0, 0.05) is 18.7 Å². The van der Waals surface area contributed by atoms with Crippen molar-refractivity contribution in [1.29, 1.82) is 0 Å². The number of hydrogen-bond acceptors (Lipinski definition) is 4. The van der Waals surface area contributed by atoms with Gasteiger partial charge in [-0.05, 0) is 44.2 Å². The molecule has 1 heterocycles. The zero-order chi connectivity index (χ0) is 24.2. The number of ether oxygens (including phenoxy) is 2. The Morgan fingerprint density at radius 2 is 1.79 bits per heavy atom. The van der Waals surface area contributed by atoms with Crippen molar-refractivity contribution in [1.82, 2.24) is 10.2 Å². The Bertz CT molecular complexity index is 1040. The third kappa shape index (κ3) is 5.85. The highest BCUT2D eigenvalue weighted by Gasteiger charge is 2.37. The number of methoxy groups -OCH3 is 1. The lowest BCUT2D eigenvalue weighted by molar-refractivity contribution is -0.145. The van der Waals surface area contributed by atoms with Gasteiger partial charge in [0.1, 0.15) is 11.5 Å². The molecule has 0 spiro atoms. The van der Waals surface area contributed by atoms with Gasteiger partial charge in [-0.25, -0.2) is 0 Å². The van der Waals surface area contributed by atoms with Crippen LogP contribution in [0.15, 0.2) is 60.7 Å². The van der Waals surface area contributed by atoms with Crippen molar-refractivity contribution in [3.05, 3.63) is 71.8 Å². The lowest BCUT2D eigenvalue weighted by Crippen LogP contribution is -2.54. The maximum Gasteiger partial charge on any atom is 0.419 e. The molecule has 1 aliphatic heterocycles. The number of alkyl halides is 3. The summed E-state index contributed by atoms with van der Waals surface area (Å²) >= 11 is 0. The molecule has 1 atom stereocenters. The van der Waals surface area contributed by atoms with Crippen molar-refractivity contribution < 1.29 is 32.2 Å².